The Morgan fingerprint density at radius 2 is 1.82 bits per heavy atom. The van der Waals surface area contributed by atoms with E-state index in [1.165, 1.54) is 5.56 Å². The minimum absolute atomic E-state index is 0.0170. The van der Waals surface area contributed by atoms with E-state index in [1.807, 2.05) is 39.0 Å². The molecule has 0 fully saturated rings. The van der Waals surface area contributed by atoms with E-state index < -0.39 is 0 Å². The van der Waals surface area contributed by atoms with Crippen LogP contribution in [-0.4, -0.2) is 49.0 Å². The van der Waals surface area contributed by atoms with Gasteiger partial charge in [-0.25, -0.2) is 0 Å². The lowest BCUT2D eigenvalue weighted by atomic mass is 10.1. The summed E-state index contributed by atoms with van der Waals surface area (Å²) >= 11 is 0. The third-order valence-corrected chi connectivity index (χ3v) is 4.83. The zero-order valence-corrected chi connectivity index (χ0v) is 17.9. The molecule has 0 saturated carbocycles. The number of nitrogens with one attached hydrogen (secondary N) is 2. The molecule has 6 nitrogen and oxygen atoms in total. The predicted molar refractivity (Wildman–Crippen MR) is 113 cm³/mol. The van der Waals surface area contributed by atoms with Crippen LogP contribution in [0.5, 0.6) is 5.75 Å². The molecule has 0 aliphatic carbocycles. The van der Waals surface area contributed by atoms with E-state index >= 15 is 0 Å². The number of hydrogen-bond acceptors (Lipinski definition) is 4. The molecule has 0 bridgehead atoms. The van der Waals surface area contributed by atoms with Crippen molar-refractivity contribution >= 4 is 11.8 Å². The molecule has 28 heavy (non-hydrogen) atoms. The van der Waals surface area contributed by atoms with Crippen LogP contribution in [0.2, 0.25) is 0 Å². The van der Waals surface area contributed by atoms with Crippen molar-refractivity contribution < 1.29 is 14.3 Å². The Kier molecular flexibility index (Phi) is 10.3. The van der Waals surface area contributed by atoms with Gasteiger partial charge in [0, 0.05) is 18.7 Å². The van der Waals surface area contributed by atoms with Gasteiger partial charge in [-0.15, -0.1) is 0 Å². The fourth-order valence-corrected chi connectivity index (χ4v) is 2.98. The van der Waals surface area contributed by atoms with Gasteiger partial charge in [0.15, 0.2) is 6.61 Å². The average molecular weight is 390 g/mol. The van der Waals surface area contributed by atoms with Gasteiger partial charge in [0.2, 0.25) is 5.91 Å². The van der Waals surface area contributed by atoms with Gasteiger partial charge in [-0.3, -0.25) is 14.5 Å². The SMILES string of the molecule is C=C(CCNC(=O)C(CC)N(CC)CC)NC(=O)COc1ccc(C)c(C)c1. The van der Waals surface area contributed by atoms with Crippen LogP contribution in [0.25, 0.3) is 0 Å². The van der Waals surface area contributed by atoms with E-state index in [-0.39, 0.29) is 24.5 Å². The van der Waals surface area contributed by atoms with E-state index in [0.717, 1.165) is 25.1 Å². The monoisotopic (exact) mass is 389 g/mol. The predicted octanol–water partition coefficient (Wildman–Crippen LogP) is 2.94. The van der Waals surface area contributed by atoms with Gasteiger partial charge in [0.05, 0.1) is 6.04 Å². The molecule has 0 aromatic heterocycles. The standard InChI is InChI=1S/C22H35N3O3/c1-7-20(25(8-2)9-3)22(27)23-13-12-18(6)24-21(26)15-28-19-11-10-16(4)17(5)14-19/h10-11,14,20H,6-9,12-13,15H2,1-5H3,(H,23,27)(H,24,26). The molecular formula is C22H35N3O3. The van der Waals surface area contributed by atoms with Crippen LogP contribution in [0.4, 0.5) is 0 Å². The van der Waals surface area contributed by atoms with Crippen molar-refractivity contribution in [1.29, 1.82) is 0 Å². The first kappa shape index (κ1) is 23.7. The largest absolute Gasteiger partial charge is 0.484 e. The highest BCUT2D eigenvalue weighted by atomic mass is 16.5. The number of carbonyl (C=O) groups excluding carboxylic acids is 2. The summed E-state index contributed by atoms with van der Waals surface area (Å²) in [6.07, 6.45) is 1.25. The Bertz CT molecular complexity index is 669. The molecule has 156 valence electrons. The van der Waals surface area contributed by atoms with Crippen molar-refractivity contribution in [3.8, 4) is 5.75 Å². The molecule has 0 radical (unpaired) electrons. The Balaban J connectivity index is 2.34. The number of likely N-dealkylation sites (N-methyl/N-ethyl adjacent to an activating group) is 1. The molecule has 0 aliphatic rings. The topological polar surface area (TPSA) is 70.7 Å². The number of hydrogen-bond donors (Lipinski definition) is 2. The van der Waals surface area contributed by atoms with Gasteiger partial charge >= 0.3 is 0 Å². The van der Waals surface area contributed by atoms with Crippen LogP contribution in [-0.2, 0) is 9.59 Å². The fraction of sp³-hybridized carbons (Fsp3) is 0.545. The number of nitrogens with zero attached hydrogens (tertiary/aromatic N) is 1. The van der Waals surface area contributed by atoms with Gasteiger partial charge in [-0.1, -0.05) is 33.4 Å². The molecule has 1 unspecified atom stereocenters. The number of rotatable bonds is 12. The molecule has 2 amide bonds. The maximum Gasteiger partial charge on any atom is 0.262 e. The Morgan fingerprint density at radius 3 is 2.39 bits per heavy atom. The van der Waals surface area contributed by atoms with Crippen LogP contribution >= 0.6 is 0 Å². The molecule has 1 rings (SSSR count). The summed E-state index contributed by atoms with van der Waals surface area (Å²) in [6, 6.07) is 5.60. The molecule has 0 aliphatic heterocycles. The maximum absolute atomic E-state index is 12.4. The second-order valence-electron chi connectivity index (χ2n) is 6.87. The molecule has 1 atom stereocenters. The maximum atomic E-state index is 12.4. The Labute approximate surface area is 169 Å². The van der Waals surface area contributed by atoms with Gasteiger partial charge in [-0.05, 0) is 56.6 Å². The van der Waals surface area contributed by atoms with Crippen LogP contribution in [0, 0.1) is 13.8 Å². The van der Waals surface area contributed by atoms with Crippen molar-refractivity contribution in [2.24, 2.45) is 0 Å². The number of carbonyl (C=O) groups is 2. The summed E-state index contributed by atoms with van der Waals surface area (Å²) in [6.45, 7) is 16.0. The first-order valence-electron chi connectivity index (χ1n) is 10.0. The number of ether oxygens (including phenoxy) is 1. The first-order chi connectivity index (χ1) is 13.3. The van der Waals surface area contributed by atoms with Crippen molar-refractivity contribution in [3.63, 3.8) is 0 Å². The van der Waals surface area contributed by atoms with Crippen molar-refractivity contribution in [2.45, 2.75) is 53.5 Å². The minimum Gasteiger partial charge on any atom is -0.484 e. The molecule has 0 spiro atoms. The molecule has 2 N–H and O–H groups in total. The highest BCUT2D eigenvalue weighted by Crippen LogP contribution is 2.16. The number of benzene rings is 1. The minimum atomic E-state index is -0.260. The summed E-state index contributed by atoms with van der Waals surface area (Å²) < 4.78 is 5.52. The molecule has 1 aromatic rings. The summed E-state index contributed by atoms with van der Waals surface area (Å²) in [5, 5.41) is 5.65. The van der Waals surface area contributed by atoms with Gasteiger partial charge < -0.3 is 15.4 Å². The second kappa shape index (κ2) is 12.2. The van der Waals surface area contributed by atoms with Gasteiger partial charge in [0.25, 0.3) is 5.91 Å². The molecule has 1 aromatic carbocycles. The average Bonchev–Trinajstić information content (AvgIpc) is 2.66. The highest BCUT2D eigenvalue weighted by Gasteiger charge is 2.21. The summed E-state index contributed by atoms with van der Waals surface area (Å²) in [4.78, 5) is 26.5. The van der Waals surface area contributed by atoms with E-state index in [2.05, 4.69) is 36.0 Å². The van der Waals surface area contributed by atoms with Gasteiger partial charge in [0.1, 0.15) is 5.75 Å². The Hall–Kier alpha value is -2.34. The molecular weight excluding hydrogens is 354 g/mol. The van der Waals surface area contributed by atoms with Crippen LogP contribution in [0.3, 0.4) is 0 Å². The van der Waals surface area contributed by atoms with E-state index in [4.69, 9.17) is 4.74 Å². The van der Waals surface area contributed by atoms with Crippen molar-refractivity contribution in [2.75, 3.05) is 26.2 Å². The normalized spacial score (nSPS) is 11.8. The van der Waals surface area contributed by atoms with Crippen LogP contribution in [0.15, 0.2) is 30.5 Å². The Morgan fingerprint density at radius 1 is 1.14 bits per heavy atom. The summed E-state index contributed by atoms with van der Waals surface area (Å²) in [5.74, 6) is 0.422. The first-order valence-corrected chi connectivity index (χ1v) is 10.0. The third-order valence-electron chi connectivity index (χ3n) is 4.83. The number of aryl methyl sites for hydroxylation is 2. The zero-order chi connectivity index (χ0) is 21.1. The lowest BCUT2D eigenvalue weighted by Crippen LogP contribution is -2.46. The van der Waals surface area contributed by atoms with Crippen LogP contribution in [0.1, 0.15) is 44.7 Å². The quantitative estimate of drug-likeness (QED) is 0.577. The highest BCUT2D eigenvalue weighted by molar-refractivity contribution is 5.81. The second-order valence-corrected chi connectivity index (χ2v) is 6.87. The summed E-state index contributed by atoms with van der Waals surface area (Å²) in [5.41, 5.74) is 2.86. The van der Waals surface area contributed by atoms with E-state index in [9.17, 15) is 9.59 Å². The zero-order valence-electron chi connectivity index (χ0n) is 17.9. The fourth-order valence-electron chi connectivity index (χ4n) is 2.98. The van der Waals surface area contributed by atoms with Gasteiger partial charge in [-0.2, -0.15) is 0 Å². The molecule has 0 saturated heterocycles. The van der Waals surface area contributed by atoms with Crippen LogP contribution < -0.4 is 15.4 Å². The van der Waals surface area contributed by atoms with E-state index in [0.29, 0.717) is 24.4 Å². The molecule has 0 heterocycles. The number of amides is 2. The van der Waals surface area contributed by atoms with Crippen molar-refractivity contribution in [1.82, 2.24) is 15.5 Å². The smallest absolute Gasteiger partial charge is 0.262 e. The van der Waals surface area contributed by atoms with E-state index in [1.54, 1.807) is 0 Å². The molecule has 6 heteroatoms. The lowest BCUT2D eigenvalue weighted by Gasteiger charge is -2.27. The van der Waals surface area contributed by atoms with Crippen molar-refractivity contribution in [3.05, 3.63) is 41.6 Å². The summed E-state index contributed by atoms with van der Waals surface area (Å²) in [7, 11) is 0. The third kappa shape index (κ3) is 7.72. The lowest BCUT2D eigenvalue weighted by molar-refractivity contribution is -0.126.